The third-order valence-electron chi connectivity index (χ3n) is 5.13. The van der Waals surface area contributed by atoms with Crippen LogP contribution in [0.15, 0.2) is 48.8 Å². The van der Waals surface area contributed by atoms with Crippen LogP contribution < -0.4 is 0 Å². The standard InChI is InChI=1S/C21H17F2N3O3/c1-25-10-12(9-17(25)27)26-11-24-19(15-7-4-8-16(22)18(15)23)20(26)13-5-2-3-6-14(13)21(28)29/h2-8,11-12H,9-10H2,1H3,(H,28,29). The van der Waals surface area contributed by atoms with Crippen LogP contribution in [0.2, 0.25) is 0 Å². The number of carboxylic acid groups (broad SMARTS) is 1. The molecule has 8 heteroatoms. The average Bonchev–Trinajstić information content (AvgIpc) is 3.27. The molecule has 1 saturated heterocycles. The Hall–Kier alpha value is -3.55. The van der Waals surface area contributed by atoms with Crippen molar-refractivity contribution < 1.29 is 23.5 Å². The second-order valence-corrected chi connectivity index (χ2v) is 6.93. The molecular formula is C21H17F2N3O3. The van der Waals surface area contributed by atoms with E-state index in [1.165, 1.54) is 24.5 Å². The van der Waals surface area contributed by atoms with Crippen LogP contribution in [0.25, 0.3) is 22.5 Å². The smallest absolute Gasteiger partial charge is 0.336 e. The molecule has 1 N–H and O–H groups in total. The number of benzene rings is 2. The minimum atomic E-state index is -1.15. The lowest BCUT2D eigenvalue weighted by atomic mass is 9.99. The lowest BCUT2D eigenvalue weighted by Crippen LogP contribution is -2.20. The summed E-state index contributed by atoms with van der Waals surface area (Å²) < 4.78 is 30.1. The first kappa shape index (κ1) is 18.8. The molecule has 1 amide bonds. The van der Waals surface area contributed by atoms with Gasteiger partial charge in [0.15, 0.2) is 11.6 Å². The fraction of sp³-hybridized carbons (Fsp3) is 0.190. The molecule has 0 radical (unpaired) electrons. The Morgan fingerprint density at radius 2 is 1.86 bits per heavy atom. The zero-order valence-corrected chi connectivity index (χ0v) is 15.5. The van der Waals surface area contributed by atoms with Crippen molar-refractivity contribution in [2.45, 2.75) is 12.5 Å². The Morgan fingerprint density at radius 3 is 2.55 bits per heavy atom. The number of aromatic nitrogens is 2. The first-order chi connectivity index (χ1) is 13.9. The molecule has 2 aromatic carbocycles. The summed E-state index contributed by atoms with van der Waals surface area (Å²) in [6.07, 6.45) is 1.66. The summed E-state index contributed by atoms with van der Waals surface area (Å²) >= 11 is 0. The van der Waals surface area contributed by atoms with Gasteiger partial charge in [-0.3, -0.25) is 4.79 Å². The van der Waals surface area contributed by atoms with Crippen LogP contribution in [-0.4, -0.2) is 45.0 Å². The molecule has 0 spiro atoms. The molecule has 1 aliphatic rings. The minimum Gasteiger partial charge on any atom is -0.478 e. The highest BCUT2D eigenvalue weighted by molar-refractivity contribution is 5.97. The third-order valence-corrected chi connectivity index (χ3v) is 5.13. The highest BCUT2D eigenvalue weighted by Crippen LogP contribution is 2.38. The zero-order chi connectivity index (χ0) is 20.7. The van der Waals surface area contributed by atoms with E-state index in [1.54, 1.807) is 34.7 Å². The van der Waals surface area contributed by atoms with Crippen LogP contribution >= 0.6 is 0 Å². The van der Waals surface area contributed by atoms with E-state index in [-0.39, 0.29) is 35.2 Å². The van der Waals surface area contributed by atoms with Gasteiger partial charge in [-0.05, 0) is 18.2 Å². The van der Waals surface area contributed by atoms with Crippen molar-refractivity contribution in [3.8, 4) is 22.5 Å². The maximum atomic E-state index is 14.5. The van der Waals surface area contributed by atoms with Crippen molar-refractivity contribution in [1.82, 2.24) is 14.5 Å². The molecule has 29 heavy (non-hydrogen) atoms. The molecular weight excluding hydrogens is 380 g/mol. The molecule has 148 valence electrons. The quantitative estimate of drug-likeness (QED) is 0.730. The summed E-state index contributed by atoms with van der Waals surface area (Å²) in [4.78, 5) is 29.7. The number of carbonyl (C=O) groups excluding carboxylic acids is 1. The van der Waals surface area contributed by atoms with Crippen LogP contribution in [0, 0.1) is 11.6 Å². The summed E-state index contributed by atoms with van der Waals surface area (Å²) in [6.45, 7) is 0.405. The number of carbonyl (C=O) groups is 2. The number of carboxylic acids is 1. The number of halogens is 2. The Kier molecular flexibility index (Phi) is 4.62. The summed E-state index contributed by atoms with van der Waals surface area (Å²) in [5.41, 5.74) is 0.707. The van der Waals surface area contributed by atoms with E-state index in [4.69, 9.17) is 0 Å². The van der Waals surface area contributed by atoms with Crippen molar-refractivity contribution in [3.05, 3.63) is 66.0 Å². The first-order valence-corrected chi connectivity index (χ1v) is 8.96. The van der Waals surface area contributed by atoms with E-state index in [0.29, 0.717) is 17.8 Å². The highest BCUT2D eigenvalue weighted by Gasteiger charge is 2.32. The van der Waals surface area contributed by atoms with Crippen LogP contribution in [-0.2, 0) is 4.79 Å². The maximum Gasteiger partial charge on any atom is 0.336 e. The summed E-state index contributed by atoms with van der Waals surface area (Å²) in [5.74, 6) is -3.30. The monoisotopic (exact) mass is 397 g/mol. The maximum absolute atomic E-state index is 14.5. The van der Waals surface area contributed by atoms with Gasteiger partial charge in [-0.1, -0.05) is 24.3 Å². The number of likely N-dealkylation sites (tertiary alicyclic amines) is 1. The molecule has 1 fully saturated rings. The zero-order valence-electron chi connectivity index (χ0n) is 15.5. The topological polar surface area (TPSA) is 75.4 Å². The largest absolute Gasteiger partial charge is 0.478 e. The van der Waals surface area contributed by atoms with Crippen molar-refractivity contribution in [3.63, 3.8) is 0 Å². The molecule has 0 saturated carbocycles. The lowest BCUT2D eigenvalue weighted by molar-refractivity contribution is -0.126. The minimum absolute atomic E-state index is 0.00462. The lowest BCUT2D eigenvalue weighted by Gasteiger charge is -2.18. The molecule has 3 aromatic rings. The molecule has 1 aromatic heterocycles. The van der Waals surface area contributed by atoms with E-state index in [9.17, 15) is 23.5 Å². The molecule has 1 aliphatic heterocycles. The number of hydrogen-bond donors (Lipinski definition) is 1. The molecule has 0 bridgehead atoms. The van der Waals surface area contributed by atoms with Gasteiger partial charge in [0.2, 0.25) is 5.91 Å². The molecule has 4 rings (SSSR count). The SMILES string of the molecule is CN1CC(n2cnc(-c3cccc(F)c3F)c2-c2ccccc2C(=O)O)CC1=O. The fourth-order valence-corrected chi connectivity index (χ4v) is 3.69. The van der Waals surface area contributed by atoms with Gasteiger partial charge >= 0.3 is 5.97 Å². The predicted octanol–water partition coefficient (Wildman–Crippen LogP) is 3.60. The first-order valence-electron chi connectivity index (χ1n) is 8.96. The van der Waals surface area contributed by atoms with E-state index in [2.05, 4.69) is 4.98 Å². The van der Waals surface area contributed by atoms with E-state index in [1.807, 2.05) is 0 Å². The van der Waals surface area contributed by atoms with Gasteiger partial charge in [-0.25, -0.2) is 18.6 Å². The van der Waals surface area contributed by atoms with Crippen molar-refractivity contribution in [2.24, 2.45) is 0 Å². The summed E-state index contributed by atoms with van der Waals surface area (Å²) in [5, 5.41) is 9.64. The number of nitrogens with zero attached hydrogens (tertiary/aromatic N) is 3. The van der Waals surface area contributed by atoms with Crippen molar-refractivity contribution in [2.75, 3.05) is 13.6 Å². The number of likely N-dealkylation sites (N-methyl/N-ethyl adjacent to an activating group) is 1. The van der Waals surface area contributed by atoms with Gasteiger partial charge in [0.1, 0.15) is 0 Å². The van der Waals surface area contributed by atoms with E-state index < -0.39 is 17.6 Å². The second-order valence-electron chi connectivity index (χ2n) is 6.93. The van der Waals surface area contributed by atoms with Crippen LogP contribution in [0.3, 0.4) is 0 Å². The van der Waals surface area contributed by atoms with Gasteiger partial charge in [0, 0.05) is 31.1 Å². The molecule has 6 nitrogen and oxygen atoms in total. The molecule has 2 heterocycles. The van der Waals surface area contributed by atoms with Crippen LogP contribution in [0.1, 0.15) is 22.8 Å². The number of aromatic carboxylic acids is 1. The predicted molar refractivity (Wildman–Crippen MR) is 101 cm³/mol. The Labute approximate surface area is 165 Å². The number of rotatable bonds is 4. The molecule has 1 unspecified atom stereocenters. The Morgan fingerprint density at radius 1 is 1.14 bits per heavy atom. The summed E-state index contributed by atoms with van der Waals surface area (Å²) in [7, 11) is 1.68. The van der Waals surface area contributed by atoms with Crippen molar-refractivity contribution in [1.29, 1.82) is 0 Å². The average molecular weight is 397 g/mol. The summed E-state index contributed by atoms with van der Waals surface area (Å²) in [6, 6.07) is 9.74. The van der Waals surface area contributed by atoms with Crippen LogP contribution in [0.5, 0.6) is 0 Å². The third kappa shape index (κ3) is 3.16. The number of hydrogen-bond acceptors (Lipinski definition) is 3. The second kappa shape index (κ2) is 7.12. The molecule has 0 aliphatic carbocycles. The Balaban J connectivity index is 1.98. The highest BCUT2D eigenvalue weighted by atomic mass is 19.2. The van der Waals surface area contributed by atoms with Crippen LogP contribution in [0.4, 0.5) is 8.78 Å². The van der Waals surface area contributed by atoms with Crippen molar-refractivity contribution >= 4 is 11.9 Å². The normalized spacial score (nSPS) is 16.4. The van der Waals surface area contributed by atoms with E-state index >= 15 is 0 Å². The number of imidazole rings is 1. The van der Waals surface area contributed by atoms with Gasteiger partial charge < -0.3 is 14.6 Å². The number of amides is 1. The Bertz CT molecular complexity index is 1130. The van der Waals surface area contributed by atoms with Gasteiger partial charge in [-0.2, -0.15) is 0 Å². The fourth-order valence-electron chi connectivity index (χ4n) is 3.69. The van der Waals surface area contributed by atoms with Gasteiger partial charge in [-0.15, -0.1) is 0 Å². The molecule has 1 atom stereocenters. The van der Waals surface area contributed by atoms with E-state index in [0.717, 1.165) is 6.07 Å². The van der Waals surface area contributed by atoms with Gasteiger partial charge in [0.05, 0.1) is 29.3 Å². The van der Waals surface area contributed by atoms with Gasteiger partial charge in [0.25, 0.3) is 0 Å².